The minimum atomic E-state index is -0.135. The van der Waals surface area contributed by atoms with Crippen molar-refractivity contribution < 1.29 is 13.6 Å². The van der Waals surface area contributed by atoms with Crippen molar-refractivity contribution in [1.82, 2.24) is 0 Å². The highest BCUT2D eigenvalue weighted by molar-refractivity contribution is 5.70. The molecule has 2 aromatic heterocycles. The van der Waals surface area contributed by atoms with E-state index in [2.05, 4.69) is 29.2 Å². The van der Waals surface area contributed by atoms with E-state index in [0.29, 0.717) is 12.2 Å². The van der Waals surface area contributed by atoms with E-state index in [-0.39, 0.29) is 6.04 Å². The number of aryl methyl sites for hydroxylation is 1. The molecule has 1 atom stereocenters. The number of anilines is 2. The minimum absolute atomic E-state index is 0.135. The highest BCUT2D eigenvalue weighted by Gasteiger charge is 2.27. The van der Waals surface area contributed by atoms with Gasteiger partial charge in [-0.05, 0) is 55.5 Å². The molecule has 0 fully saturated rings. The minimum Gasteiger partial charge on any atom is -0.464 e. The monoisotopic (exact) mass is 371 g/mol. The quantitative estimate of drug-likeness (QED) is 0.367. The number of para-hydroxylation sites is 2. The molecule has 2 heterocycles. The molecular formula is C24H21NO3. The molecule has 4 rings (SSSR count). The molecule has 0 aliphatic rings. The molecule has 4 aromatic rings. The van der Waals surface area contributed by atoms with E-state index in [4.69, 9.17) is 8.83 Å². The molecule has 4 nitrogen and oxygen atoms in total. The van der Waals surface area contributed by atoms with E-state index in [0.717, 1.165) is 34.9 Å². The van der Waals surface area contributed by atoms with Gasteiger partial charge in [0.15, 0.2) is 12.0 Å². The summed E-state index contributed by atoms with van der Waals surface area (Å²) in [5.74, 6) is 2.76. The van der Waals surface area contributed by atoms with Crippen LogP contribution in [-0.2, 0) is 6.42 Å². The first kappa shape index (κ1) is 17.9. The Labute approximate surface area is 164 Å². The first-order chi connectivity index (χ1) is 13.7. The zero-order chi connectivity index (χ0) is 19.3. The normalized spacial score (nSPS) is 11.9. The van der Waals surface area contributed by atoms with E-state index in [9.17, 15) is 4.79 Å². The number of hydrogen-bond donors (Lipinski definition) is 0. The first-order valence-electron chi connectivity index (χ1n) is 9.24. The third-order valence-corrected chi connectivity index (χ3v) is 4.66. The van der Waals surface area contributed by atoms with Crippen molar-refractivity contribution in [2.75, 3.05) is 4.90 Å². The van der Waals surface area contributed by atoms with Gasteiger partial charge in [-0.1, -0.05) is 36.4 Å². The Morgan fingerprint density at radius 1 is 0.821 bits per heavy atom. The smallest absolute Gasteiger partial charge is 0.185 e. The number of hydrogen-bond acceptors (Lipinski definition) is 4. The van der Waals surface area contributed by atoms with Gasteiger partial charge in [-0.3, -0.25) is 4.79 Å². The molecule has 0 bridgehead atoms. The van der Waals surface area contributed by atoms with Crippen LogP contribution in [0.3, 0.4) is 0 Å². The van der Waals surface area contributed by atoms with Crippen LogP contribution in [0.25, 0.3) is 0 Å². The summed E-state index contributed by atoms with van der Waals surface area (Å²) in [6.07, 6.45) is 1.28. The average Bonchev–Trinajstić information content (AvgIpc) is 3.38. The van der Waals surface area contributed by atoms with Gasteiger partial charge in [-0.2, -0.15) is 0 Å². The highest BCUT2D eigenvalue weighted by atomic mass is 16.4. The summed E-state index contributed by atoms with van der Waals surface area (Å²) >= 11 is 0. The molecule has 0 spiro atoms. The van der Waals surface area contributed by atoms with Gasteiger partial charge in [-0.15, -0.1) is 0 Å². The number of aldehydes is 1. The van der Waals surface area contributed by atoms with Crippen LogP contribution in [0.2, 0.25) is 0 Å². The number of carbonyl (C=O) groups is 1. The Hall–Kier alpha value is -3.53. The topological polar surface area (TPSA) is 46.6 Å². The maximum Gasteiger partial charge on any atom is 0.185 e. The standard InChI is InChI=1S/C24H21NO3/c1-18-12-15-24(27-18)23(16-21-13-14-22(17-26)28-21)25(19-8-4-2-5-9-19)20-10-6-3-7-11-20/h2-15,17,23H,16H2,1H3. The van der Waals surface area contributed by atoms with Crippen LogP contribution in [0.15, 0.2) is 93.8 Å². The van der Waals surface area contributed by atoms with Crippen LogP contribution in [0, 0.1) is 6.92 Å². The molecule has 28 heavy (non-hydrogen) atoms. The third-order valence-electron chi connectivity index (χ3n) is 4.66. The number of carbonyl (C=O) groups excluding carboxylic acids is 1. The van der Waals surface area contributed by atoms with E-state index >= 15 is 0 Å². The van der Waals surface area contributed by atoms with Gasteiger partial charge in [-0.25, -0.2) is 0 Å². The fraction of sp³-hybridized carbons (Fsp3) is 0.125. The van der Waals surface area contributed by atoms with Gasteiger partial charge in [0.05, 0.1) is 6.04 Å². The molecule has 140 valence electrons. The van der Waals surface area contributed by atoms with Gasteiger partial charge >= 0.3 is 0 Å². The maximum atomic E-state index is 11.0. The lowest BCUT2D eigenvalue weighted by Crippen LogP contribution is -2.25. The summed E-state index contributed by atoms with van der Waals surface area (Å²) in [4.78, 5) is 13.3. The van der Waals surface area contributed by atoms with E-state index in [1.54, 1.807) is 6.07 Å². The second kappa shape index (κ2) is 8.01. The average molecular weight is 371 g/mol. The van der Waals surface area contributed by atoms with Gasteiger partial charge < -0.3 is 13.7 Å². The van der Waals surface area contributed by atoms with Gasteiger partial charge in [0.25, 0.3) is 0 Å². The van der Waals surface area contributed by atoms with E-state index < -0.39 is 0 Å². The number of furan rings is 2. The Morgan fingerprint density at radius 3 is 1.96 bits per heavy atom. The third kappa shape index (κ3) is 3.76. The maximum absolute atomic E-state index is 11.0. The SMILES string of the molecule is Cc1ccc(C(Cc2ccc(C=O)o2)N(c2ccccc2)c2ccccc2)o1. The summed E-state index contributed by atoms with van der Waals surface area (Å²) in [5, 5.41) is 0. The van der Waals surface area contributed by atoms with Gasteiger partial charge in [0, 0.05) is 17.8 Å². The molecule has 0 radical (unpaired) electrons. The second-order valence-electron chi connectivity index (χ2n) is 6.63. The molecular weight excluding hydrogens is 350 g/mol. The van der Waals surface area contributed by atoms with Gasteiger partial charge in [0.1, 0.15) is 17.3 Å². The molecule has 1 unspecified atom stereocenters. The lowest BCUT2D eigenvalue weighted by atomic mass is 10.0. The van der Waals surface area contributed by atoms with Crippen LogP contribution in [-0.4, -0.2) is 6.29 Å². The molecule has 4 heteroatoms. The van der Waals surface area contributed by atoms with Crippen LogP contribution in [0.5, 0.6) is 0 Å². The lowest BCUT2D eigenvalue weighted by Gasteiger charge is -2.32. The lowest BCUT2D eigenvalue weighted by molar-refractivity contribution is 0.109. The van der Waals surface area contributed by atoms with Crippen molar-refractivity contribution in [3.05, 3.63) is 108 Å². The summed E-state index contributed by atoms with van der Waals surface area (Å²) in [5.41, 5.74) is 2.10. The predicted octanol–water partition coefficient (Wildman–Crippen LogP) is 6.12. The Bertz CT molecular complexity index is 994. The Balaban J connectivity index is 1.82. The summed E-state index contributed by atoms with van der Waals surface area (Å²) < 4.78 is 11.7. The molecule has 0 aliphatic carbocycles. The van der Waals surface area contributed by atoms with Crippen LogP contribution >= 0.6 is 0 Å². The van der Waals surface area contributed by atoms with Crippen molar-refractivity contribution in [3.8, 4) is 0 Å². The van der Waals surface area contributed by atoms with Crippen LogP contribution < -0.4 is 4.90 Å². The van der Waals surface area contributed by atoms with Crippen LogP contribution in [0.4, 0.5) is 11.4 Å². The van der Waals surface area contributed by atoms with Crippen LogP contribution in [0.1, 0.15) is 33.9 Å². The summed E-state index contributed by atoms with van der Waals surface area (Å²) in [6.45, 7) is 1.94. The number of nitrogens with zero attached hydrogens (tertiary/aromatic N) is 1. The molecule has 0 aliphatic heterocycles. The molecule has 0 saturated carbocycles. The first-order valence-corrected chi connectivity index (χ1v) is 9.24. The summed E-state index contributed by atoms with van der Waals surface area (Å²) in [6, 6.07) is 27.8. The largest absolute Gasteiger partial charge is 0.464 e. The van der Waals surface area contributed by atoms with E-state index in [1.807, 2.05) is 61.5 Å². The zero-order valence-electron chi connectivity index (χ0n) is 15.6. The Kier molecular flexibility index (Phi) is 5.11. The highest BCUT2D eigenvalue weighted by Crippen LogP contribution is 2.37. The van der Waals surface area contributed by atoms with Crippen molar-refractivity contribution in [1.29, 1.82) is 0 Å². The summed E-state index contributed by atoms with van der Waals surface area (Å²) in [7, 11) is 0. The van der Waals surface area contributed by atoms with E-state index in [1.165, 1.54) is 0 Å². The molecule has 0 saturated heterocycles. The van der Waals surface area contributed by atoms with Crippen molar-refractivity contribution in [2.45, 2.75) is 19.4 Å². The molecule has 0 amide bonds. The second-order valence-corrected chi connectivity index (χ2v) is 6.63. The Morgan fingerprint density at radius 2 is 1.46 bits per heavy atom. The number of benzene rings is 2. The fourth-order valence-corrected chi connectivity index (χ4v) is 3.40. The fourth-order valence-electron chi connectivity index (χ4n) is 3.40. The number of rotatable bonds is 7. The van der Waals surface area contributed by atoms with Gasteiger partial charge in [0.2, 0.25) is 0 Å². The molecule has 0 N–H and O–H groups in total. The van der Waals surface area contributed by atoms with Crippen molar-refractivity contribution in [2.24, 2.45) is 0 Å². The zero-order valence-corrected chi connectivity index (χ0v) is 15.6. The van der Waals surface area contributed by atoms with Crippen molar-refractivity contribution in [3.63, 3.8) is 0 Å². The van der Waals surface area contributed by atoms with Crippen molar-refractivity contribution >= 4 is 17.7 Å². The predicted molar refractivity (Wildman–Crippen MR) is 109 cm³/mol. The molecule has 2 aromatic carbocycles.